The quantitative estimate of drug-likeness (QED) is 0.589. The highest BCUT2D eigenvalue weighted by atomic mass is 31.1. The number of rotatable bonds is 3. The van der Waals surface area contributed by atoms with Crippen LogP contribution in [-0.2, 0) is 0 Å². The van der Waals surface area contributed by atoms with Crippen LogP contribution in [0.4, 0.5) is 0 Å². The summed E-state index contributed by atoms with van der Waals surface area (Å²) in [6.45, 7) is 12.2. The van der Waals surface area contributed by atoms with Crippen molar-refractivity contribution in [3.05, 3.63) is 0 Å². The van der Waals surface area contributed by atoms with E-state index >= 15 is 0 Å². The van der Waals surface area contributed by atoms with Gasteiger partial charge in [0.15, 0.2) is 0 Å². The first-order valence-corrected chi connectivity index (χ1v) is 7.36. The molecule has 0 radical (unpaired) electrons. The molecule has 0 aromatic heterocycles. The largest absolute Gasteiger partial charge is 0.0980 e. The van der Waals surface area contributed by atoms with Gasteiger partial charge >= 0.3 is 0 Å². The Bertz CT molecular complexity index is 143. The maximum atomic E-state index is 2.47. The van der Waals surface area contributed by atoms with Crippen LogP contribution in [0.3, 0.4) is 0 Å². The highest BCUT2D eigenvalue weighted by Crippen LogP contribution is 2.57. The molecular formula is C12H25P. The van der Waals surface area contributed by atoms with Crippen molar-refractivity contribution in [1.82, 2.24) is 0 Å². The lowest BCUT2D eigenvalue weighted by atomic mass is 10.1. The van der Waals surface area contributed by atoms with Crippen LogP contribution in [-0.4, -0.2) is 17.0 Å². The predicted molar refractivity (Wildman–Crippen MR) is 64.0 cm³/mol. The second-order valence-electron chi connectivity index (χ2n) is 5.11. The van der Waals surface area contributed by atoms with Crippen molar-refractivity contribution in [2.24, 2.45) is 5.92 Å². The van der Waals surface area contributed by atoms with E-state index < -0.39 is 0 Å². The van der Waals surface area contributed by atoms with Crippen molar-refractivity contribution in [2.45, 2.75) is 70.9 Å². The SMILES string of the molecule is CC1CCCC1P(C(C)C)C(C)C. The topological polar surface area (TPSA) is 0 Å². The monoisotopic (exact) mass is 200 g/mol. The van der Waals surface area contributed by atoms with Crippen molar-refractivity contribution in [1.29, 1.82) is 0 Å². The highest BCUT2D eigenvalue weighted by molar-refractivity contribution is 7.59. The third kappa shape index (κ3) is 2.69. The zero-order valence-electron chi connectivity index (χ0n) is 9.88. The van der Waals surface area contributed by atoms with Crippen LogP contribution in [0.15, 0.2) is 0 Å². The molecule has 0 aromatic carbocycles. The number of hydrogen-bond acceptors (Lipinski definition) is 0. The van der Waals surface area contributed by atoms with Crippen LogP contribution in [0.2, 0.25) is 0 Å². The Morgan fingerprint density at radius 2 is 1.54 bits per heavy atom. The van der Waals surface area contributed by atoms with Gasteiger partial charge in [-0.2, -0.15) is 0 Å². The molecule has 0 aromatic rings. The Morgan fingerprint density at radius 1 is 1.00 bits per heavy atom. The van der Waals surface area contributed by atoms with Crippen LogP contribution in [0.5, 0.6) is 0 Å². The second kappa shape index (κ2) is 4.78. The molecule has 2 atom stereocenters. The molecule has 0 aliphatic heterocycles. The summed E-state index contributed by atoms with van der Waals surface area (Å²) in [4.78, 5) is 0. The minimum absolute atomic E-state index is 0.281. The van der Waals surface area contributed by atoms with Gasteiger partial charge in [0.25, 0.3) is 0 Å². The summed E-state index contributed by atoms with van der Waals surface area (Å²) in [6, 6.07) is 0. The average Bonchev–Trinajstić information content (AvgIpc) is 2.35. The highest BCUT2D eigenvalue weighted by Gasteiger charge is 2.33. The summed E-state index contributed by atoms with van der Waals surface area (Å²) in [6.07, 6.45) is 4.50. The van der Waals surface area contributed by atoms with Gasteiger partial charge in [0, 0.05) is 0 Å². The minimum Gasteiger partial charge on any atom is -0.0980 e. The van der Waals surface area contributed by atoms with E-state index in [-0.39, 0.29) is 7.92 Å². The fourth-order valence-electron chi connectivity index (χ4n) is 2.93. The predicted octanol–water partition coefficient (Wildman–Crippen LogP) is 4.47. The first-order chi connectivity index (χ1) is 6.04. The third-order valence-electron chi connectivity index (χ3n) is 3.39. The van der Waals surface area contributed by atoms with E-state index in [9.17, 15) is 0 Å². The molecule has 0 spiro atoms. The Morgan fingerprint density at radius 3 is 1.85 bits per heavy atom. The molecule has 0 amide bonds. The van der Waals surface area contributed by atoms with Gasteiger partial charge in [-0.25, -0.2) is 0 Å². The van der Waals surface area contributed by atoms with Crippen LogP contribution in [0.25, 0.3) is 0 Å². The maximum absolute atomic E-state index is 2.47. The summed E-state index contributed by atoms with van der Waals surface area (Å²) in [7, 11) is 0.281. The maximum Gasteiger partial charge on any atom is -0.0179 e. The van der Waals surface area contributed by atoms with E-state index in [2.05, 4.69) is 34.6 Å². The van der Waals surface area contributed by atoms with Gasteiger partial charge in [0.05, 0.1) is 0 Å². The zero-order valence-corrected chi connectivity index (χ0v) is 10.8. The molecule has 0 heterocycles. The van der Waals surface area contributed by atoms with Gasteiger partial charge in [-0.15, -0.1) is 0 Å². The lowest BCUT2D eigenvalue weighted by molar-refractivity contribution is 0.612. The Balaban J connectivity index is 2.63. The molecule has 78 valence electrons. The summed E-state index contributed by atoms with van der Waals surface area (Å²) >= 11 is 0. The van der Waals surface area contributed by atoms with Gasteiger partial charge in [0.1, 0.15) is 0 Å². The number of hydrogen-bond donors (Lipinski definition) is 0. The Labute approximate surface area is 85.2 Å². The van der Waals surface area contributed by atoms with Crippen molar-refractivity contribution in [2.75, 3.05) is 0 Å². The Hall–Kier alpha value is 0.430. The fraction of sp³-hybridized carbons (Fsp3) is 1.00. The van der Waals surface area contributed by atoms with Gasteiger partial charge < -0.3 is 0 Å². The van der Waals surface area contributed by atoms with Crippen molar-refractivity contribution in [3.8, 4) is 0 Å². The van der Waals surface area contributed by atoms with E-state index in [4.69, 9.17) is 0 Å². The third-order valence-corrected chi connectivity index (χ3v) is 7.31. The van der Waals surface area contributed by atoms with E-state index in [0.717, 1.165) is 22.9 Å². The molecule has 1 aliphatic carbocycles. The summed E-state index contributed by atoms with van der Waals surface area (Å²) in [5.41, 5.74) is 2.94. The van der Waals surface area contributed by atoms with Crippen LogP contribution in [0, 0.1) is 5.92 Å². The van der Waals surface area contributed by atoms with Gasteiger partial charge in [0.2, 0.25) is 0 Å². The van der Waals surface area contributed by atoms with E-state index in [1.54, 1.807) is 0 Å². The minimum atomic E-state index is 0.281. The van der Waals surface area contributed by atoms with Gasteiger partial charge in [-0.3, -0.25) is 0 Å². The summed E-state index contributed by atoms with van der Waals surface area (Å²) < 4.78 is 0. The first-order valence-electron chi connectivity index (χ1n) is 5.81. The standard InChI is InChI=1S/C12H25P/c1-9(2)13(10(3)4)12-8-6-7-11(12)5/h9-12H,6-8H2,1-5H3. The summed E-state index contributed by atoms with van der Waals surface area (Å²) in [5, 5.41) is 0. The summed E-state index contributed by atoms with van der Waals surface area (Å²) in [5.74, 6) is 1.01. The van der Waals surface area contributed by atoms with Crippen molar-refractivity contribution in [3.63, 3.8) is 0 Å². The molecule has 1 fully saturated rings. The Kier molecular flexibility index (Phi) is 4.23. The lowest BCUT2D eigenvalue weighted by Crippen LogP contribution is -2.18. The van der Waals surface area contributed by atoms with E-state index in [1.807, 2.05) is 0 Å². The molecule has 2 unspecified atom stereocenters. The second-order valence-corrected chi connectivity index (χ2v) is 8.73. The molecule has 13 heavy (non-hydrogen) atoms. The zero-order chi connectivity index (χ0) is 10.0. The normalized spacial score (nSPS) is 29.5. The smallest absolute Gasteiger partial charge is 0.0179 e. The van der Waals surface area contributed by atoms with Crippen LogP contribution >= 0.6 is 7.92 Å². The van der Waals surface area contributed by atoms with Crippen LogP contribution < -0.4 is 0 Å². The molecule has 0 N–H and O–H groups in total. The molecule has 1 rings (SSSR count). The van der Waals surface area contributed by atoms with E-state index in [0.29, 0.717) is 0 Å². The van der Waals surface area contributed by atoms with Crippen molar-refractivity contribution >= 4 is 7.92 Å². The molecule has 1 aliphatic rings. The molecule has 1 saturated carbocycles. The van der Waals surface area contributed by atoms with Crippen molar-refractivity contribution < 1.29 is 0 Å². The van der Waals surface area contributed by atoms with Gasteiger partial charge in [-0.1, -0.05) is 55.4 Å². The molecule has 0 nitrogen and oxygen atoms in total. The molecule has 1 heteroatoms. The molecule has 0 bridgehead atoms. The first kappa shape index (κ1) is 11.5. The average molecular weight is 200 g/mol. The van der Waals surface area contributed by atoms with Crippen LogP contribution in [0.1, 0.15) is 53.9 Å². The van der Waals surface area contributed by atoms with E-state index in [1.165, 1.54) is 19.3 Å². The fourth-order valence-corrected chi connectivity index (χ4v) is 6.87. The van der Waals surface area contributed by atoms with Gasteiger partial charge in [-0.05, 0) is 29.3 Å². The lowest BCUT2D eigenvalue weighted by Gasteiger charge is -2.34. The molecular weight excluding hydrogens is 175 g/mol. The molecule has 0 saturated heterocycles.